The van der Waals surface area contributed by atoms with E-state index in [1.54, 1.807) is 37.1 Å². The van der Waals surface area contributed by atoms with E-state index in [9.17, 15) is 13.2 Å². The third kappa shape index (κ3) is 6.27. The van der Waals surface area contributed by atoms with Gasteiger partial charge in [-0.2, -0.15) is 0 Å². The van der Waals surface area contributed by atoms with Crippen LogP contribution < -0.4 is 19.1 Å². The Kier molecular flexibility index (Phi) is 8.18. The lowest BCUT2D eigenvalue weighted by atomic mass is 9.96. The number of aryl methyl sites for hydroxylation is 1. The normalized spacial score (nSPS) is 17.3. The van der Waals surface area contributed by atoms with Crippen LogP contribution >= 0.6 is 0 Å². The smallest absolute Gasteiger partial charge is 0.260 e. The zero-order valence-corrected chi connectivity index (χ0v) is 21.4. The average molecular weight is 502 g/mol. The third-order valence-corrected chi connectivity index (χ3v) is 8.31. The van der Waals surface area contributed by atoms with Gasteiger partial charge in [0, 0.05) is 32.2 Å². The molecule has 2 fully saturated rings. The van der Waals surface area contributed by atoms with Crippen LogP contribution in [0.1, 0.15) is 37.7 Å². The maximum absolute atomic E-state index is 12.8. The summed E-state index contributed by atoms with van der Waals surface area (Å²) in [6.45, 7) is 4.34. The minimum absolute atomic E-state index is 0.00560. The standard InChI is InChI=1S/C26H35N3O5S/c1-20-18-22(35(31,32)27-21-8-4-3-5-9-21)12-13-24(20)34-19-26(30)29-16-14-28(15-17-29)23-10-6-7-11-25(23)33-2/h6-7,10-13,18,21,27H,3-5,8-9,14-17,19H2,1-2H3. The van der Waals surface area contributed by atoms with Crippen molar-refractivity contribution < 1.29 is 22.7 Å². The fraction of sp³-hybridized carbons (Fsp3) is 0.500. The zero-order chi connectivity index (χ0) is 24.8. The lowest BCUT2D eigenvalue weighted by Crippen LogP contribution is -2.50. The van der Waals surface area contributed by atoms with Gasteiger partial charge < -0.3 is 19.3 Å². The van der Waals surface area contributed by atoms with Crippen LogP contribution in [0.4, 0.5) is 5.69 Å². The Morgan fingerprint density at radius 1 is 1.00 bits per heavy atom. The van der Waals surface area contributed by atoms with E-state index in [0.29, 0.717) is 37.5 Å². The second kappa shape index (κ2) is 11.3. The van der Waals surface area contributed by atoms with Crippen LogP contribution in [-0.4, -0.2) is 65.2 Å². The van der Waals surface area contributed by atoms with Gasteiger partial charge in [0.15, 0.2) is 6.61 Å². The molecule has 0 unspecified atom stereocenters. The van der Waals surface area contributed by atoms with Crippen LogP contribution in [0.2, 0.25) is 0 Å². The summed E-state index contributed by atoms with van der Waals surface area (Å²) >= 11 is 0. The number of rotatable bonds is 8. The van der Waals surface area contributed by atoms with Crippen LogP contribution in [0.25, 0.3) is 0 Å². The highest BCUT2D eigenvalue weighted by molar-refractivity contribution is 7.89. The van der Waals surface area contributed by atoms with Gasteiger partial charge in [-0.25, -0.2) is 13.1 Å². The van der Waals surface area contributed by atoms with Gasteiger partial charge in [0.1, 0.15) is 11.5 Å². The maximum Gasteiger partial charge on any atom is 0.260 e. The Bertz CT molecular complexity index is 1120. The van der Waals surface area contributed by atoms with Crippen LogP contribution in [0, 0.1) is 6.92 Å². The van der Waals surface area contributed by atoms with E-state index < -0.39 is 10.0 Å². The summed E-state index contributed by atoms with van der Waals surface area (Å²) in [5, 5.41) is 0. The van der Waals surface area contributed by atoms with Crippen molar-refractivity contribution in [3.63, 3.8) is 0 Å². The Hall–Kier alpha value is -2.78. The lowest BCUT2D eigenvalue weighted by Gasteiger charge is -2.36. The molecular weight excluding hydrogens is 466 g/mol. The summed E-state index contributed by atoms with van der Waals surface area (Å²) in [5.41, 5.74) is 1.72. The number of sulfonamides is 1. The van der Waals surface area contributed by atoms with Gasteiger partial charge in [-0.1, -0.05) is 31.4 Å². The summed E-state index contributed by atoms with van der Waals surface area (Å²) in [6, 6.07) is 12.7. The molecule has 2 aliphatic rings. The summed E-state index contributed by atoms with van der Waals surface area (Å²) in [7, 11) is -1.92. The summed E-state index contributed by atoms with van der Waals surface area (Å²) in [5.74, 6) is 1.26. The SMILES string of the molecule is COc1ccccc1N1CCN(C(=O)COc2ccc(S(=O)(=O)NC3CCCCC3)cc2C)CC1. The number of nitrogens with one attached hydrogen (secondary N) is 1. The van der Waals surface area contributed by atoms with Crippen molar-refractivity contribution in [2.45, 2.75) is 50.0 Å². The number of methoxy groups -OCH3 is 1. The lowest BCUT2D eigenvalue weighted by molar-refractivity contribution is -0.133. The number of anilines is 1. The maximum atomic E-state index is 12.8. The van der Waals surface area contributed by atoms with Gasteiger partial charge in [-0.15, -0.1) is 0 Å². The fourth-order valence-corrected chi connectivity index (χ4v) is 6.17. The van der Waals surface area contributed by atoms with Gasteiger partial charge in [0.05, 0.1) is 17.7 Å². The highest BCUT2D eigenvalue weighted by Crippen LogP contribution is 2.28. The summed E-state index contributed by atoms with van der Waals surface area (Å²) in [4.78, 5) is 17.0. The molecule has 9 heteroatoms. The monoisotopic (exact) mass is 501 g/mol. The van der Waals surface area contributed by atoms with E-state index in [-0.39, 0.29) is 23.5 Å². The van der Waals surface area contributed by atoms with E-state index in [1.807, 2.05) is 24.3 Å². The first kappa shape index (κ1) is 25.3. The van der Waals surface area contributed by atoms with E-state index in [4.69, 9.17) is 9.47 Å². The van der Waals surface area contributed by atoms with Crippen molar-refractivity contribution in [2.75, 3.05) is 44.8 Å². The van der Waals surface area contributed by atoms with E-state index in [1.165, 1.54) is 6.42 Å². The molecular formula is C26H35N3O5S. The molecule has 1 saturated heterocycles. The molecule has 0 bridgehead atoms. The quantitative estimate of drug-likeness (QED) is 0.597. The molecule has 0 aromatic heterocycles. The first-order valence-corrected chi connectivity index (χ1v) is 13.8. The van der Waals surface area contributed by atoms with Crippen LogP contribution in [-0.2, 0) is 14.8 Å². The average Bonchev–Trinajstić information content (AvgIpc) is 2.88. The number of nitrogens with zero attached hydrogens (tertiary/aromatic N) is 2. The van der Waals surface area contributed by atoms with Crippen molar-refractivity contribution in [2.24, 2.45) is 0 Å². The van der Waals surface area contributed by atoms with Gasteiger partial charge >= 0.3 is 0 Å². The molecule has 8 nitrogen and oxygen atoms in total. The molecule has 4 rings (SSSR count). The van der Waals surface area contributed by atoms with Crippen molar-refractivity contribution in [1.82, 2.24) is 9.62 Å². The molecule has 2 aromatic carbocycles. The number of benzene rings is 2. The van der Waals surface area contributed by atoms with E-state index >= 15 is 0 Å². The molecule has 2 aromatic rings. The first-order valence-electron chi connectivity index (χ1n) is 12.3. The number of ether oxygens (including phenoxy) is 2. The molecule has 35 heavy (non-hydrogen) atoms. The summed E-state index contributed by atoms with van der Waals surface area (Å²) < 4.78 is 39.6. The minimum atomic E-state index is -3.58. The predicted molar refractivity (Wildman–Crippen MR) is 136 cm³/mol. The van der Waals surface area contributed by atoms with Gasteiger partial charge in [-0.05, 0) is 55.7 Å². The van der Waals surface area contributed by atoms with Crippen molar-refractivity contribution in [3.05, 3.63) is 48.0 Å². The number of hydrogen-bond acceptors (Lipinski definition) is 6. The first-order chi connectivity index (χ1) is 16.9. The van der Waals surface area contributed by atoms with Crippen molar-refractivity contribution in [3.8, 4) is 11.5 Å². The molecule has 0 radical (unpaired) electrons. The Morgan fingerprint density at radius 2 is 1.71 bits per heavy atom. The topological polar surface area (TPSA) is 88.2 Å². The fourth-order valence-electron chi connectivity index (χ4n) is 4.78. The number of carbonyl (C=O) groups excluding carboxylic acids is 1. The van der Waals surface area contributed by atoms with Crippen LogP contribution in [0.15, 0.2) is 47.4 Å². The number of carbonyl (C=O) groups is 1. The number of hydrogen-bond donors (Lipinski definition) is 1. The molecule has 1 amide bonds. The molecule has 0 spiro atoms. The largest absolute Gasteiger partial charge is 0.495 e. The minimum Gasteiger partial charge on any atom is -0.495 e. The Balaban J connectivity index is 1.30. The third-order valence-electron chi connectivity index (χ3n) is 6.79. The highest BCUT2D eigenvalue weighted by Gasteiger charge is 2.24. The number of amides is 1. The highest BCUT2D eigenvalue weighted by atomic mass is 32.2. The van der Waals surface area contributed by atoms with Gasteiger partial charge in [0.2, 0.25) is 10.0 Å². The molecule has 1 aliphatic carbocycles. The Labute approximate surface area is 208 Å². The van der Waals surface area contributed by atoms with Crippen molar-refractivity contribution >= 4 is 21.6 Å². The molecule has 1 saturated carbocycles. The predicted octanol–water partition coefficient (Wildman–Crippen LogP) is 3.34. The summed E-state index contributed by atoms with van der Waals surface area (Å²) in [6.07, 6.45) is 5.05. The molecule has 1 N–H and O–H groups in total. The number of piperazine rings is 1. The van der Waals surface area contributed by atoms with E-state index in [2.05, 4.69) is 9.62 Å². The molecule has 1 heterocycles. The molecule has 0 atom stereocenters. The van der Waals surface area contributed by atoms with Gasteiger partial charge in [0.25, 0.3) is 5.91 Å². The van der Waals surface area contributed by atoms with E-state index in [0.717, 1.165) is 37.1 Å². The second-order valence-electron chi connectivity index (χ2n) is 9.21. The van der Waals surface area contributed by atoms with Crippen molar-refractivity contribution in [1.29, 1.82) is 0 Å². The van der Waals surface area contributed by atoms with Crippen LogP contribution in [0.5, 0.6) is 11.5 Å². The molecule has 1 aliphatic heterocycles. The Morgan fingerprint density at radius 3 is 2.40 bits per heavy atom. The van der Waals surface area contributed by atoms with Crippen LogP contribution in [0.3, 0.4) is 0 Å². The number of para-hydroxylation sites is 2. The zero-order valence-electron chi connectivity index (χ0n) is 20.5. The second-order valence-corrected chi connectivity index (χ2v) is 10.9. The van der Waals surface area contributed by atoms with Gasteiger partial charge in [-0.3, -0.25) is 4.79 Å². The molecule has 190 valence electrons.